The van der Waals surface area contributed by atoms with Crippen LogP contribution in [0.2, 0.25) is 0 Å². The molecule has 0 atom stereocenters. The molecule has 4 rings (SSSR count). The van der Waals surface area contributed by atoms with Crippen LogP contribution in [0.4, 0.5) is 0 Å². The van der Waals surface area contributed by atoms with Gasteiger partial charge in [0.15, 0.2) is 0 Å². The Morgan fingerprint density at radius 3 is 1.71 bits per heavy atom. The van der Waals surface area contributed by atoms with Crippen LogP contribution >= 0.6 is 23.5 Å². The van der Waals surface area contributed by atoms with Gasteiger partial charge in [0.05, 0.1) is 11.4 Å². The number of aromatic nitrogens is 1. The van der Waals surface area contributed by atoms with E-state index in [1.807, 2.05) is 66.0 Å². The zero-order valence-corrected chi connectivity index (χ0v) is 19.2. The summed E-state index contributed by atoms with van der Waals surface area (Å²) in [6, 6.07) is 22.6. The topological polar surface area (TPSA) is 43.4 Å². The van der Waals surface area contributed by atoms with Crippen molar-refractivity contribution in [3.8, 4) is 11.5 Å². The third-order valence-electron chi connectivity index (χ3n) is 4.92. The summed E-state index contributed by atoms with van der Waals surface area (Å²) in [5, 5.41) is 3.55. The van der Waals surface area contributed by atoms with Crippen molar-refractivity contribution in [3.63, 3.8) is 0 Å². The minimum atomic E-state index is 0.449. The van der Waals surface area contributed by atoms with Crippen LogP contribution < -0.4 is 14.8 Å². The standard InChI is InChI=1S/C25H28N2O2S2/c1-3-10-24-20(6-1)18-30-14-12-26-13-15-31-19-21-7-2-4-11-25(21)29-17-23-9-5-8-22(27-23)16-28-24/h1-11,26H,12-19H2. The summed E-state index contributed by atoms with van der Waals surface area (Å²) in [4.78, 5) is 4.74. The Morgan fingerprint density at radius 1 is 0.645 bits per heavy atom. The highest BCUT2D eigenvalue weighted by molar-refractivity contribution is 7.98. The van der Waals surface area contributed by atoms with Gasteiger partial charge in [0.2, 0.25) is 0 Å². The molecule has 31 heavy (non-hydrogen) atoms. The fourth-order valence-electron chi connectivity index (χ4n) is 3.30. The molecule has 162 valence electrons. The fourth-order valence-corrected chi connectivity index (χ4v) is 5.08. The Hall–Kier alpha value is -2.15. The van der Waals surface area contributed by atoms with Crippen LogP contribution in [-0.2, 0) is 24.7 Å². The smallest absolute Gasteiger partial charge is 0.130 e. The molecule has 0 amide bonds. The Kier molecular flexibility index (Phi) is 8.56. The van der Waals surface area contributed by atoms with E-state index in [0.29, 0.717) is 13.2 Å². The Morgan fingerprint density at radius 2 is 1.16 bits per heavy atom. The van der Waals surface area contributed by atoms with E-state index in [9.17, 15) is 0 Å². The maximum atomic E-state index is 6.13. The number of nitrogens with zero attached hydrogens (tertiary/aromatic N) is 1. The Balaban J connectivity index is 1.49. The van der Waals surface area contributed by atoms with Crippen molar-refractivity contribution < 1.29 is 9.47 Å². The molecule has 0 aliphatic carbocycles. The molecule has 0 radical (unpaired) electrons. The zero-order chi connectivity index (χ0) is 21.1. The van der Waals surface area contributed by atoms with Crippen LogP contribution in [-0.4, -0.2) is 29.6 Å². The summed E-state index contributed by atoms with van der Waals surface area (Å²) in [7, 11) is 0. The van der Waals surface area contributed by atoms with Gasteiger partial charge in [0.25, 0.3) is 0 Å². The van der Waals surface area contributed by atoms with E-state index >= 15 is 0 Å². The van der Waals surface area contributed by atoms with Gasteiger partial charge in [-0.2, -0.15) is 23.5 Å². The largest absolute Gasteiger partial charge is 0.487 e. The third kappa shape index (κ3) is 6.92. The van der Waals surface area contributed by atoms with Crippen molar-refractivity contribution in [1.82, 2.24) is 10.3 Å². The lowest BCUT2D eigenvalue weighted by atomic mass is 10.2. The Bertz CT molecular complexity index is 895. The molecule has 2 bridgehead atoms. The molecule has 2 heterocycles. The molecular weight excluding hydrogens is 424 g/mol. The number of fused-ring (bicyclic) bond motifs is 4. The predicted octanol–water partition coefficient (Wildman–Crippen LogP) is 5.31. The minimum Gasteiger partial charge on any atom is -0.487 e. The first-order valence-electron chi connectivity index (χ1n) is 10.6. The number of ether oxygens (including phenoxy) is 2. The van der Waals surface area contributed by atoms with Crippen molar-refractivity contribution in [2.75, 3.05) is 24.6 Å². The van der Waals surface area contributed by atoms with E-state index in [0.717, 1.165) is 59.0 Å². The number of thioether (sulfide) groups is 2. The van der Waals surface area contributed by atoms with E-state index in [1.54, 1.807) is 0 Å². The number of benzene rings is 2. The highest BCUT2D eigenvalue weighted by atomic mass is 32.2. The highest BCUT2D eigenvalue weighted by Crippen LogP contribution is 2.25. The molecule has 1 aliphatic rings. The molecule has 1 aromatic heterocycles. The van der Waals surface area contributed by atoms with E-state index < -0.39 is 0 Å². The first-order chi connectivity index (χ1) is 15.4. The summed E-state index contributed by atoms with van der Waals surface area (Å²) >= 11 is 3.87. The van der Waals surface area contributed by atoms with Crippen LogP contribution in [0.1, 0.15) is 22.5 Å². The number of rotatable bonds is 0. The summed E-state index contributed by atoms with van der Waals surface area (Å²) in [6.07, 6.45) is 0. The Labute approximate surface area is 193 Å². The van der Waals surface area contributed by atoms with Crippen LogP contribution in [0.25, 0.3) is 0 Å². The lowest BCUT2D eigenvalue weighted by Crippen LogP contribution is -2.20. The van der Waals surface area contributed by atoms with Crippen molar-refractivity contribution in [3.05, 3.63) is 89.2 Å². The maximum Gasteiger partial charge on any atom is 0.130 e. The van der Waals surface area contributed by atoms with E-state index in [4.69, 9.17) is 14.5 Å². The molecule has 4 nitrogen and oxygen atoms in total. The first kappa shape index (κ1) is 22.1. The lowest BCUT2D eigenvalue weighted by Gasteiger charge is -2.14. The molecule has 6 heteroatoms. The number of para-hydroxylation sites is 2. The molecule has 3 aromatic rings. The second-order valence-electron chi connectivity index (χ2n) is 7.27. The van der Waals surface area contributed by atoms with Crippen molar-refractivity contribution in [2.45, 2.75) is 24.7 Å². The normalized spacial score (nSPS) is 16.1. The van der Waals surface area contributed by atoms with E-state index in [-0.39, 0.29) is 0 Å². The van der Waals surface area contributed by atoms with Crippen molar-refractivity contribution in [1.29, 1.82) is 0 Å². The van der Waals surface area contributed by atoms with Crippen LogP contribution in [0.3, 0.4) is 0 Å². The van der Waals surface area contributed by atoms with Gasteiger partial charge in [-0.1, -0.05) is 42.5 Å². The molecule has 0 saturated heterocycles. The molecule has 0 spiro atoms. The summed E-state index contributed by atoms with van der Waals surface area (Å²) in [5.74, 6) is 5.94. The van der Waals surface area contributed by atoms with Gasteiger partial charge in [-0.15, -0.1) is 0 Å². The van der Waals surface area contributed by atoms with Crippen LogP contribution in [0.15, 0.2) is 66.7 Å². The van der Waals surface area contributed by atoms with E-state index in [1.165, 1.54) is 11.1 Å². The average molecular weight is 453 g/mol. The summed E-state index contributed by atoms with van der Waals surface area (Å²) < 4.78 is 12.3. The second kappa shape index (κ2) is 12.0. The van der Waals surface area contributed by atoms with Gasteiger partial charge in [0, 0.05) is 47.2 Å². The van der Waals surface area contributed by atoms with E-state index in [2.05, 4.69) is 29.6 Å². The quantitative estimate of drug-likeness (QED) is 0.499. The monoisotopic (exact) mass is 452 g/mol. The van der Waals surface area contributed by atoms with Gasteiger partial charge in [-0.05, 0) is 24.3 Å². The molecular formula is C25H28N2O2S2. The molecule has 0 unspecified atom stereocenters. The first-order valence-corrected chi connectivity index (χ1v) is 12.9. The number of hydrogen-bond acceptors (Lipinski definition) is 6. The maximum absolute atomic E-state index is 6.13. The summed E-state index contributed by atoms with van der Waals surface area (Å²) in [6.45, 7) is 2.93. The second-order valence-corrected chi connectivity index (χ2v) is 9.48. The SMILES string of the molecule is c1cc2nc(c1)COc1ccccc1CSCCNCCSCc1ccccc1OC2. The average Bonchev–Trinajstić information content (AvgIpc) is 2.81. The molecule has 2 aromatic carbocycles. The highest BCUT2D eigenvalue weighted by Gasteiger charge is 2.08. The van der Waals surface area contributed by atoms with Crippen molar-refractivity contribution in [2.24, 2.45) is 0 Å². The summed E-state index contributed by atoms with van der Waals surface area (Å²) in [5.41, 5.74) is 4.28. The number of hydrogen-bond donors (Lipinski definition) is 1. The molecule has 1 N–H and O–H groups in total. The third-order valence-corrected chi connectivity index (χ3v) is 6.94. The van der Waals surface area contributed by atoms with Crippen LogP contribution in [0, 0.1) is 0 Å². The fraction of sp³-hybridized carbons (Fsp3) is 0.320. The van der Waals surface area contributed by atoms with Gasteiger partial charge in [-0.25, -0.2) is 0 Å². The molecule has 0 fully saturated rings. The van der Waals surface area contributed by atoms with Gasteiger partial charge >= 0.3 is 0 Å². The predicted molar refractivity (Wildman–Crippen MR) is 131 cm³/mol. The van der Waals surface area contributed by atoms with Crippen LogP contribution in [0.5, 0.6) is 11.5 Å². The number of pyridine rings is 1. The molecule has 1 aliphatic heterocycles. The van der Waals surface area contributed by atoms with Gasteiger partial charge < -0.3 is 14.8 Å². The number of nitrogens with one attached hydrogen (secondary N) is 1. The lowest BCUT2D eigenvalue weighted by molar-refractivity contribution is 0.288. The zero-order valence-electron chi connectivity index (χ0n) is 17.6. The van der Waals surface area contributed by atoms with Gasteiger partial charge in [-0.3, -0.25) is 4.98 Å². The molecule has 0 saturated carbocycles. The van der Waals surface area contributed by atoms with Gasteiger partial charge in [0.1, 0.15) is 24.7 Å². The van der Waals surface area contributed by atoms with Crippen molar-refractivity contribution >= 4 is 23.5 Å². The minimum absolute atomic E-state index is 0.449.